The molecule has 0 N–H and O–H groups in total. The number of carbonyl (C=O) groups is 1. The van der Waals surface area contributed by atoms with Crippen molar-refractivity contribution in [3.63, 3.8) is 0 Å². The molecule has 2 aromatic heterocycles. The highest BCUT2D eigenvalue weighted by Crippen LogP contribution is 2.17. The summed E-state index contributed by atoms with van der Waals surface area (Å²) >= 11 is 1.56. The number of sulfonamides is 1. The fraction of sp³-hybridized carbons (Fsp3) is 0.467. The predicted molar refractivity (Wildman–Crippen MR) is 91.2 cm³/mol. The molecule has 3 heterocycles. The Balaban J connectivity index is 1.65. The zero-order valence-corrected chi connectivity index (χ0v) is 15.1. The third kappa shape index (κ3) is 3.68. The van der Waals surface area contributed by atoms with Gasteiger partial charge in [-0.05, 0) is 17.9 Å². The van der Waals surface area contributed by atoms with E-state index in [1.165, 1.54) is 16.8 Å². The largest absolute Gasteiger partial charge is 0.341 e. The maximum absolute atomic E-state index is 12.6. The third-order valence-electron chi connectivity index (χ3n) is 4.00. The molecule has 0 spiro atoms. The fourth-order valence-electron chi connectivity index (χ4n) is 2.71. The van der Waals surface area contributed by atoms with E-state index in [1.807, 2.05) is 17.5 Å². The van der Waals surface area contributed by atoms with Crippen LogP contribution >= 0.6 is 11.3 Å². The van der Waals surface area contributed by atoms with Crippen molar-refractivity contribution in [1.82, 2.24) is 18.8 Å². The Labute approximate surface area is 145 Å². The molecule has 24 heavy (non-hydrogen) atoms. The Hall–Kier alpha value is -1.71. The molecular weight excluding hydrogens is 348 g/mol. The molecule has 0 unspecified atom stereocenters. The number of amides is 1. The zero-order chi connectivity index (χ0) is 17.2. The summed E-state index contributed by atoms with van der Waals surface area (Å²) in [5, 5.41) is 2.01. The number of carbonyl (C=O) groups excluding carboxylic acids is 1. The average Bonchev–Trinajstić information content (AvgIpc) is 3.13. The van der Waals surface area contributed by atoms with Crippen molar-refractivity contribution in [3.05, 3.63) is 34.9 Å². The predicted octanol–water partition coefficient (Wildman–Crippen LogP) is 0.947. The van der Waals surface area contributed by atoms with E-state index in [4.69, 9.17) is 0 Å². The molecule has 1 aliphatic heterocycles. The lowest BCUT2D eigenvalue weighted by atomic mass is 10.3. The molecule has 7 nitrogen and oxygen atoms in total. The number of hydrogen-bond donors (Lipinski definition) is 0. The quantitative estimate of drug-likeness (QED) is 0.805. The van der Waals surface area contributed by atoms with Crippen molar-refractivity contribution in [1.29, 1.82) is 0 Å². The number of aryl methyl sites for hydroxylation is 1. The molecule has 3 rings (SSSR count). The first kappa shape index (κ1) is 17.1. The summed E-state index contributed by atoms with van der Waals surface area (Å²) in [4.78, 5) is 19.1. The number of hydrogen-bond acceptors (Lipinski definition) is 5. The van der Waals surface area contributed by atoms with Crippen molar-refractivity contribution in [3.8, 4) is 0 Å². The van der Waals surface area contributed by atoms with Crippen LogP contribution in [0.1, 0.15) is 11.3 Å². The van der Waals surface area contributed by atoms with Gasteiger partial charge in [-0.1, -0.05) is 6.07 Å². The van der Waals surface area contributed by atoms with Crippen LogP contribution in [-0.4, -0.2) is 59.3 Å². The van der Waals surface area contributed by atoms with Crippen LogP contribution in [0.3, 0.4) is 0 Å². The van der Waals surface area contributed by atoms with Gasteiger partial charge in [0.1, 0.15) is 0 Å². The molecule has 0 aromatic carbocycles. The minimum Gasteiger partial charge on any atom is -0.341 e. The topological polar surface area (TPSA) is 75.5 Å². The summed E-state index contributed by atoms with van der Waals surface area (Å²) in [6, 6.07) is 3.87. The molecule has 1 saturated heterocycles. The van der Waals surface area contributed by atoms with Crippen molar-refractivity contribution in [2.45, 2.75) is 17.9 Å². The van der Waals surface area contributed by atoms with E-state index in [9.17, 15) is 13.2 Å². The first-order valence-corrected chi connectivity index (χ1v) is 10.1. The second-order valence-electron chi connectivity index (χ2n) is 5.77. The highest BCUT2D eigenvalue weighted by Gasteiger charge is 2.29. The molecule has 0 bridgehead atoms. The van der Waals surface area contributed by atoms with Gasteiger partial charge in [-0.25, -0.2) is 13.4 Å². The third-order valence-corrected chi connectivity index (χ3v) is 6.66. The summed E-state index contributed by atoms with van der Waals surface area (Å²) < 4.78 is 28.3. The first-order chi connectivity index (χ1) is 11.5. The lowest BCUT2D eigenvalue weighted by Crippen LogP contribution is -2.38. The van der Waals surface area contributed by atoms with Crippen molar-refractivity contribution < 1.29 is 13.2 Å². The van der Waals surface area contributed by atoms with Gasteiger partial charge < -0.3 is 9.47 Å². The van der Waals surface area contributed by atoms with Crippen LogP contribution in [0, 0.1) is 0 Å². The molecule has 0 radical (unpaired) electrons. The maximum atomic E-state index is 12.6. The first-order valence-electron chi connectivity index (χ1n) is 7.75. The molecular formula is C15H20N4O3S2. The van der Waals surface area contributed by atoms with Crippen LogP contribution in [0.4, 0.5) is 0 Å². The van der Waals surface area contributed by atoms with Crippen LogP contribution in [0.5, 0.6) is 0 Å². The minimum absolute atomic E-state index is 0.0505. The van der Waals surface area contributed by atoms with Crippen LogP contribution in [0.15, 0.2) is 35.1 Å². The van der Waals surface area contributed by atoms with Crippen LogP contribution < -0.4 is 0 Å². The van der Waals surface area contributed by atoms with Crippen LogP contribution in [0.25, 0.3) is 0 Å². The fourth-order valence-corrected chi connectivity index (χ4v) is 4.84. The standard InChI is InChI=1S/C15H20N4O3S2/c1-17-11-14(16-12-17)24(21,22)19-6-3-5-18(7-8-19)15(20)10-13-4-2-9-23-13/h2,4,9,11-12H,3,5-8,10H2,1H3. The van der Waals surface area contributed by atoms with Gasteiger partial charge in [-0.3, -0.25) is 4.79 Å². The number of thiophene rings is 1. The molecule has 1 aliphatic rings. The summed E-state index contributed by atoms with van der Waals surface area (Å²) in [5.41, 5.74) is 0. The Morgan fingerprint density at radius 1 is 1.29 bits per heavy atom. The average molecular weight is 368 g/mol. The lowest BCUT2D eigenvalue weighted by molar-refractivity contribution is -0.130. The number of aromatic nitrogens is 2. The Bertz CT molecular complexity index is 799. The summed E-state index contributed by atoms with van der Waals surface area (Å²) in [7, 11) is -1.86. The SMILES string of the molecule is Cn1cnc(S(=O)(=O)N2CCCN(C(=O)Cc3cccs3)CC2)c1. The van der Waals surface area contributed by atoms with Crippen molar-refractivity contribution >= 4 is 27.3 Å². The Kier molecular flexibility index (Phi) is 5.02. The molecule has 1 amide bonds. The van der Waals surface area contributed by atoms with Crippen LogP contribution in [-0.2, 0) is 28.3 Å². The summed E-state index contributed by atoms with van der Waals surface area (Å²) in [5.74, 6) is 0.0505. The molecule has 9 heteroatoms. The molecule has 1 fully saturated rings. The molecule has 130 valence electrons. The van der Waals surface area contributed by atoms with E-state index in [0.29, 0.717) is 39.0 Å². The van der Waals surface area contributed by atoms with Gasteiger partial charge in [0.05, 0.1) is 12.7 Å². The summed E-state index contributed by atoms with van der Waals surface area (Å²) in [6.07, 6.45) is 3.98. The number of rotatable bonds is 4. The number of imidazole rings is 1. The van der Waals surface area contributed by atoms with Gasteiger partial charge in [-0.15, -0.1) is 11.3 Å². The molecule has 0 aliphatic carbocycles. The summed E-state index contributed by atoms with van der Waals surface area (Å²) in [6.45, 7) is 1.70. The van der Waals surface area contributed by atoms with E-state index in [2.05, 4.69) is 4.98 Å². The molecule has 2 aromatic rings. The smallest absolute Gasteiger partial charge is 0.262 e. The van der Waals surface area contributed by atoms with E-state index < -0.39 is 10.0 Å². The van der Waals surface area contributed by atoms with Crippen LogP contribution in [0.2, 0.25) is 0 Å². The Morgan fingerprint density at radius 3 is 2.79 bits per heavy atom. The normalized spacial score (nSPS) is 17.0. The van der Waals surface area contributed by atoms with Gasteiger partial charge in [0.25, 0.3) is 10.0 Å². The van der Waals surface area contributed by atoms with Gasteiger partial charge in [0.2, 0.25) is 5.91 Å². The highest BCUT2D eigenvalue weighted by atomic mass is 32.2. The molecule has 0 atom stereocenters. The van der Waals surface area contributed by atoms with Gasteiger partial charge in [-0.2, -0.15) is 4.31 Å². The van der Waals surface area contributed by atoms with E-state index in [1.54, 1.807) is 27.9 Å². The second-order valence-corrected chi connectivity index (χ2v) is 8.69. The van der Waals surface area contributed by atoms with E-state index in [-0.39, 0.29) is 10.9 Å². The monoisotopic (exact) mass is 368 g/mol. The van der Waals surface area contributed by atoms with Gasteiger partial charge in [0.15, 0.2) is 5.03 Å². The van der Waals surface area contributed by atoms with E-state index in [0.717, 1.165) is 4.88 Å². The highest BCUT2D eigenvalue weighted by molar-refractivity contribution is 7.89. The van der Waals surface area contributed by atoms with Crippen molar-refractivity contribution in [2.24, 2.45) is 7.05 Å². The maximum Gasteiger partial charge on any atom is 0.262 e. The van der Waals surface area contributed by atoms with E-state index >= 15 is 0 Å². The minimum atomic E-state index is -3.60. The van der Waals surface area contributed by atoms with Gasteiger partial charge in [0, 0.05) is 44.3 Å². The van der Waals surface area contributed by atoms with Crippen molar-refractivity contribution in [2.75, 3.05) is 26.2 Å². The lowest BCUT2D eigenvalue weighted by Gasteiger charge is -2.21. The number of nitrogens with zero attached hydrogens (tertiary/aromatic N) is 4. The van der Waals surface area contributed by atoms with Gasteiger partial charge >= 0.3 is 0 Å². The Morgan fingerprint density at radius 2 is 2.12 bits per heavy atom. The second kappa shape index (κ2) is 7.04. The molecule has 0 saturated carbocycles. The zero-order valence-electron chi connectivity index (χ0n) is 13.5.